The normalized spacial score (nSPS) is 15.0. The Balaban J connectivity index is 1.35. The predicted octanol–water partition coefficient (Wildman–Crippen LogP) is 9.85. The van der Waals surface area contributed by atoms with E-state index in [-0.39, 0.29) is 6.42 Å². The van der Waals surface area contributed by atoms with E-state index in [2.05, 4.69) is 9.98 Å². The highest BCUT2D eigenvalue weighted by Gasteiger charge is 2.33. The number of halogens is 6. The molecule has 0 amide bonds. The summed E-state index contributed by atoms with van der Waals surface area (Å²) in [6, 6.07) is 24.3. The Morgan fingerprint density at radius 2 is 1.00 bits per heavy atom. The zero-order valence-electron chi connectivity index (χ0n) is 24.0. The van der Waals surface area contributed by atoms with E-state index in [1.165, 1.54) is 12.1 Å². The van der Waals surface area contributed by atoms with Crippen molar-refractivity contribution < 1.29 is 26.3 Å². The van der Waals surface area contributed by atoms with Crippen LogP contribution in [0.1, 0.15) is 33.4 Å². The van der Waals surface area contributed by atoms with Crippen LogP contribution in [-0.2, 0) is 18.8 Å². The molecule has 47 heavy (non-hydrogen) atoms. The van der Waals surface area contributed by atoms with Crippen LogP contribution in [0, 0.1) is 22.9 Å². The minimum absolute atomic E-state index is 0.262. The first kappa shape index (κ1) is 29.7. The van der Waals surface area contributed by atoms with Crippen molar-refractivity contribution in [2.45, 2.75) is 18.8 Å². The summed E-state index contributed by atoms with van der Waals surface area (Å²) in [4.78, 5) is 8.18. The fraction of sp³-hybridized carbons (Fsp3) is 0.0811. The van der Waals surface area contributed by atoms with Gasteiger partial charge in [-0.05, 0) is 98.6 Å². The van der Waals surface area contributed by atoms with Gasteiger partial charge < -0.3 is 0 Å². The largest absolute Gasteiger partial charge is 0.416 e. The third-order valence-corrected chi connectivity index (χ3v) is 8.44. The number of fused-ring (bicyclic) bond motifs is 6. The van der Waals surface area contributed by atoms with Crippen LogP contribution in [0.4, 0.5) is 26.3 Å². The Labute approximate surface area is 264 Å². The number of benzene rings is 5. The number of hydrogen-bond donors (Lipinski definition) is 0. The van der Waals surface area contributed by atoms with Crippen LogP contribution in [0.5, 0.6) is 0 Å². The molecule has 0 bridgehead atoms. The quantitative estimate of drug-likeness (QED) is 0.141. The van der Waals surface area contributed by atoms with Gasteiger partial charge in [0.2, 0.25) is 12.4 Å². The molecular formula is C37H18F6N4. The van der Waals surface area contributed by atoms with Crippen molar-refractivity contribution in [1.82, 2.24) is 0 Å². The molecule has 2 aliphatic rings. The van der Waals surface area contributed by atoms with Crippen molar-refractivity contribution in [3.63, 3.8) is 0 Å². The first-order chi connectivity index (χ1) is 22.5. The summed E-state index contributed by atoms with van der Waals surface area (Å²) in [5.41, 5.74) is 6.69. The topological polar surface area (TPSA) is 72.3 Å². The summed E-state index contributed by atoms with van der Waals surface area (Å²) in [5, 5.41) is 19.1. The summed E-state index contributed by atoms with van der Waals surface area (Å²) >= 11 is 0. The van der Waals surface area contributed by atoms with E-state index in [0.717, 1.165) is 46.5 Å². The number of aliphatic imine (C=N–C) groups is 2. The molecule has 4 nitrogen and oxygen atoms in total. The molecule has 228 valence electrons. The number of nitrogens with zero attached hydrogens (tertiary/aromatic N) is 4. The second-order valence-electron chi connectivity index (χ2n) is 11.1. The van der Waals surface area contributed by atoms with Gasteiger partial charge in [-0.3, -0.25) is 0 Å². The van der Waals surface area contributed by atoms with E-state index in [4.69, 9.17) is 0 Å². The van der Waals surface area contributed by atoms with Crippen LogP contribution in [0.25, 0.3) is 44.5 Å². The lowest BCUT2D eigenvalue weighted by atomic mass is 9.81. The van der Waals surface area contributed by atoms with Gasteiger partial charge in [0.25, 0.3) is 0 Å². The summed E-state index contributed by atoms with van der Waals surface area (Å²) in [6.45, 7) is 0. The van der Waals surface area contributed by atoms with Gasteiger partial charge >= 0.3 is 12.4 Å². The molecule has 0 N–H and O–H groups in total. The molecule has 0 fully saturated rings. The Kier molecular flexibility index (Phi) is 6.83. The molecule has 0 atom stereocenters. The van der Waals surface area contributed by atoms with Gasteiger partial charge in [-0.15, -0.1) is 0 Å². The molecule has 7 rings (SSSR count). The molecule has 0 unspecified atom stereocenters. The second-order valence-corrected chi connectivity index (χ2v) is 11.1. The van der Waals surface area contributed by atoms with Crippen LogP contribution in [0.15, 0.2) is 107 Å². The summed E-state index contributed by atoms with van der Waals surface area (Å²) in [5.74, 6) is 0. The average Bonchev–Trinajstić information content (AvgIpc) is 3.35. The highest BCUT2D eigenvalue weighted by atomic mass is 19.4. The Hall–Kier alpha value is -6.00. The zero-order chi connectivity index (χ0) is 33.1. The monoisotopic (exact) mass is 632 g/mol. The molecule has 0 aromatic heterocycles. The first-order valence-corrected chi connectivity index (χ1v) is 14.2. The molecule has 0 saturated carbocycles. The second kappa shape index (κ2) is 10.8. The smallest absolute Gasteiger partial charge is 0.177 e. The van der Waals surface area contributed by atoms with Gasteiger partial charge in [-0.25, -0.2) is 0 Å². The summed E-state index contributed by atoms with van der Waals surface area (Å²) < 4.78 is 80.5. The van der Waals surface area contributed by atoms with E-state index in [1.807, 2.05) is 24.5 Å². The fourth-order valence-corrected chi connectivity index (χ4v) is 6.31. The first-order valence-electron chi connectivity index (χ1n) is 14.2. The van der Waals surface area contributed by atoms with Crippen molar-refractivity contribution in [2.75, 3.05) is 0 Å². The summed E-state index contributed by atoms with van der Waals surface area (Å²) in [7, 11) is 0. The molecule has 10 heteroatoms. The Morgan fingerprint density at radius 1 is 0.489 bits per heavy atom. The van der Waals surface area contributed by atoms with E-state index in [1.54, 1.807) is 48.5 Å². The van der Waals surface area contributed by atoms with Gasteiger partial charge in [-0.2, -0.15) is 46.9 Å². The van der Waals surface area contributed by atoms with Gasteiger partial charge in [0, 0.05) is 23.1 Å². The minimum Gasteiger partial charge on any atom is -0.177 e. The van der Waals surface area contributed by atoms with E-state index in [0.29, 0.717) is 55.9 Å². The summed E-state index contributed by atoms with van der Waals surface area (Å²) in [6.07, 6.45) is -5.07. The Morgan fingerprint density at radius 3 is 1.55 bits per heavy atom. The van der Waals surface area contributed by atoms with E-state index in [9.17, 15) is 36.9 Å². The number of alkyl halides is 6. The van der Waals surface area contributed by atoms with Crippen molar-refractivity contribution in [1.29, 1.82) is 10.5 Å². The number of nitriles is 2. The lowest BCUT2D eigenvalue weighted by molar-refractivity contribution is -0.138. The maximum Gasteiger partial charge on any atom is 0.416 e. The van der Waals surface area contributed by atoms with Crippen molar-refractivity contribution >= 4 is 11.4 Å². The van der Waals surface area contributed by atoms with Gasteiger partial charge in [0.05, 0.1) is 22.6 Å². The molecule has 0 aliphatic heterocycles. The van der Waals surface area contributed by atoms with Gasteiger partial charge in [0.1, 0.15) is 0 Å². The molecule has 5 aromatic carbocycles. The standard InChI is InChI=1S/C37H18F6N4/c38-36(39,40)25-5-1-3-20(11-25)22-7-9-27-29-17-33-30(15-24(29)16-34(46-18-44)31(27)13-22)28-10-8-23(14-32(28)35(33)47-19-45)21-4-2-6-26(12-21)37(41,42)43/h1-15,17H,16H2/b46-34-,47-35+. The van der Waals surface area contributed by atoms with Crippen molar-refractivity contribution in [3.05, 3.63) is 130 Å². The molecule has 0 spiro atoms. The van der Waals surface area contributed by atoms with Crippen LogP contribution in [0.3, 0.4) is 0 Å². The highest BCUT2D eigenvalue weighted by Crippen LogP contribution is 2.45. The molecule has 2 aliphatic carbocycles. The molecular weight excluding hydrogens is 614 g/mol. The van der Waals surface area contributed by atoms with Crippen LogP contribution < -0.4 is 0 Å². The Bertz CT molecular complexity index is 2280. The maximum absolute atomic E-state index is 13.4. The SMILES string of the molecule is N#C/N=C1/Cc2cc3c(cc2-c2ccc(-c4cccc(C(F)(F)F)c4)cc21)/C(=N/C#N)c1cc(-c2cccc(C(F)(F)F)c2)ccc1-3. The van der Waals surface area contributed by atoms with Crippen LogP contribution in [-0.4, -0.2) is 11.4 Å². The van der Waals surface area contributed by atoms with Crippen LogP contribution in [0.2, 0.25) is 0 Å². The highest BCUT2D eigenvalue weighted by molar-refractivity contribution is 6.26. The molecule has 5 aromatic rings. The lowest BCUT2D eigenvalue weighted by Crippen LogP contribution is -2.14. The molecule has 0 radical (unpaired) electrons. The maximum atomic E-state index is 13.4. The fourth-order valence-electron chi connectivity index (χ4n) is 6.31. The number of rotatable bonds is 2. The third kappa shape index (κ3) is 5.14. The van der Waals surface area contributed by atoms with Crippen molar-refractivity contribution in [3.8, 4) is 56.9 Å². The van der Waals surface area contributed by atoms with Gasteiger partial charge in [-0.1, -0.05) is 48.5 Å². The minimum atomic E-state index is -4.51. The molecule has 0 saturated heterocycles. The lowest BCUT2D eigenvalue weighted by Gasteiger charge is -2.23. The van der Waals surface area contributed by atoms with Crippen molar-refractivity contribution in [2.24, 2.45) is 9.98 Å². The van der Waals surface area contributed by atoms with Gasteiger partial charge in [0.15, 0.2) is 0 Å². The molecule has 0 heterocycles. The predicted molar refractivity (Wildman–Crippen MR) is 165 cm³/mol. The van der Waals surface area contributed by atoms with Crippen LogP contribution >= 0.6 is 0 Å². The zero-order valence-corrected chi connectivity index (χ0v) is 24.0. The van der Waals surface area contributed by atoms with E-state index < -0.39 is 23.5 Å². The average molecular weight is 633 g/mol. The number of hydrogen-bond acceptors (Lipinski definition) is 4. The third-order valence-electron chi connectivity index (χ3n) is 8.44. The van der Waals surface area contributed by atoms with E-state index >= 15 is 0 Å².